The number of esters is 2. The standard InChI is InChI=1S/C48H66O4/c1-3-12-37-20-24-39(25-21-37)14-8-10-16-41-28-32-44(33-29-41)47(49)51-36-46(43-18-6-5-7-19-43)52-48(50)45-34-30-42(31-35-45)17-11-9-15-40-26-22-38(13-4-2)23-27-40/h5-7,18-19,28-35,37-40,46H,3-4,8-17,20-27,36H2,1-2H3. The van der Waals surface area contributed by atoms with E-state index >= 15 is 0 Å². The van der Waals surface area contributed by atoms with E-state index in [1.165, 1.54) is 127 Å². The molecule has 282 valence electrons. The fourth-order valence-corrected chi connectivity index (χ4v) is 8.87. The molecule has 0 aliphatic heterocycles. The Morgan fingerprint density at radius 1 is 0.538 bits per heavy atom. The maximum Gasteiger partial charge on any atom is 0.338 e. The molecule has 4 nitrogen and oxygen atoms in total. The first-order chi connectivity index (χ1) is 25.5. The topological polar surface area (TPSA) is 52.6 Å². The van der Waals surface area contributed by atoms with Crippen LogP contribution in [-0.2, 0) is 22.3 Å². The minimum atomic E-state index is -0.699. The maximum absolute atomic E-state index is 13.3. The fourth-order valence-electron chi connectivity index (χ4n) is 8.87. The molecule has 0 amide bonds. The zero-order valence-electron chi connectivity index (χ0n) is 32.4. The van der Waals surface area contributed by atoms with Crippen molar-refractivity contribution in [3.8, 4) is 0 Å². The van der Waals surface area contributed by atoms with Gasteiger partial charge in [0.2, 0.25) is 0 Å². The summed E-state index contributed by atoms with van der Waals surface area (Å²) in [6, 6.07) is 25.2. The molecule has 3 aromatic carbocycles. The molecule has 2 aliphatic rings. The van der Waals surface area contributed by atoms with Crippen LogP contribution in [0.3, 0.4) is 0 Å². The van der Waals surface area contributed by atoms with Crippen molar-refractivity contribution >= 4 is 11.9 Å². The largest absolute Gasteiger partial charge is 0.458 e. The maximum atomic E-state index is 13.3. The number of benzene rings is 3. The molecule has 2 saturated carbocycles. The van der Waals surface area contributed by atoms with Crippen molar-refractivity contribution in [3.63, 3.8) is 0 Å². The quantitative estimate of drug-likeness (QED) is 0.0867. The van der Waals surface area contributed by atoms with Crippen LogP contribution in [0.15, 0.2) is 78.9 Å². The number of carbonyl (C=O) groups is 2. The van der Waals surface area contributed by atoms with Gasteiger partial charge in [0.15, 0.2) is 6.10 Å². The zero-order valence-corrected chi connectivity index (χ0v) is 32.4. The molecule has 0 heterocycles. The van der Waals surface area contributed by atoms with E-state index in [9.17, 15) is 9.59 Å². The van der Waals surface area contributed by atoms with Gasteiger partial charge < -0.3 is 9.47 Å². The van der Waals surface area contributed by atoms with Crippen LogP contribution in [-0.4, -0.2) is 18.5 Å². The van der Waals surface area contributed by atoms with Gasteiger partial charge in [0.1, 0.15) is 6.61 Å². The first kappa shape index (κ1) is 39.8. The molecule has 1 atom stereocenters. The highest BCUT2D eigenvalue weighted by atomic mass is 16.6. The highest BCUT2D eigenvalue weighted by Crippen LogP contribution is 2.35. The first-order valence-corrected chi connectivity index (χ1v) is 21.1. The summed E-state index contributed by atoms with van der Waals surface area (Å²) in [6.07, 6.45) is 25.8. The van der Waals surface area contributed by atoms with E-state index in [4.69, 9.17) is 9.47 Å². The molecule has 4 heteroatoms. The summed E-state index contributed by atoms with van der Waals surface area (Å²) in [5, 5.41) is 0. The Morgan fingerprint density at radius 3 is 1.40 bits per heavy atom. The van der Waals surface area contributed by atoms with E-state index in [2.05, 4.69) is 13.8 Å². The summed E-state index contributed by atoms with van der Waals surface area (Å²) in [5.41, 5.74) is 4.33. The van der Waals surface area contributed by atoms with E-state index in [0.29, 0.717) is 11.1 Å². The lowest BCUT2D eigenvalue weighted by atomic mass is 9.78. The average molecular weight is 707 g/mol. The molecule has 5 rings (SSSR count). The Kier molecular flexibility index (Phi) is 16.8. The second-order valence-electron chi connectivity index (χ2n) is 16.1. The van der Waals surface area contributed by atoms with Crippen LogP contribution in [0, 0.1) is 23.7 Å². The molecule has 0 radical (unpaired) electrons. The molecule has 0 aromatic heterocycles. The van der Waals surface area contributed by atoms with Gasteiger partial charge in [-0.25, -0.2) is 9.59 Å². The molecule has 52 heavy (non-hydrogen) atoms. The van der Waals surface area contributed by atoms with E-state index in [1.807, 2.05) is 78.9 Å². The Morgan fingerprint density at radius 2 is 0.962 bits per heavy atom. The molecule has 2 aliphatic carbocycles. The predicted octanol–water partition coefficient (Wildman–Crippen LogP) is 13.1. The number of ether oxygens (including phenoxy) is 2. The third kappa shape index (κ3) is 13.2. The van der Waals surface area contributed by atoms with Crippen LogP contribution in [0.5, 0.6) is 0 Å². The van der Waals surface area contributed by atoms with Gasteiger partial charge in [-0.3, -0.25) is 0 Å². The van der Waals surface area contributed by atoms with Gasteiger partial charge in [0.05, 0.1) is 11.1 Å². The van der Waals surface area contributed by atoms with Crippen LogP contribution in [0.1, 0.15) is 173 Å². The summed E-state index contributed by atoms with van der Waals surface area (Å²) in [6.45, 7) is 4.57. The average Bonchev–Trinajstić information content (AvgIpc) is 3.19. The molecule has 1 unspecified atom stereocenters. The molecular formula is C48H66O4. The molecule has 0 bridgehead atoms. The van der Waals surface area contributed by atoms with Crippen molar-refractivity contribution in [2.24, 2.45) is 23.7 Å². The highest BCUT2D eigenvalue weighted by molar-refractivity contribution is 5.90. The molecule has 2 fully saturated rings. The fraction of sp³-hybridized carbons (Fsp3) is 0.583. The lowest BCUT2D eigenvalue weighted by molar-refractivity contribution is -0.00133. The second kappa shape index (κ2) is 22.0. The monoisotopic (exact) mass is 706 g/mol. The number of unbranched alkanes of at least 4 members (excludes halogenated alkanes) is 2. The second-order valence-corrected chi connectivity index (χ2v) is 16.1. The SMILES string of the molecule is CCCC1CCC(CCCCc2ccc(C(=O)OCC(OC(=O)c3ccc(CCCCC4CCC(CCC)CC4)cc3)c3ccccc3)cc2)CC1. The van der Waals surface area contributed by atoms with Gasteiger partial charge >= 0.3 is 11.9 Å². The lowest BCUT2D eigenvalue weighted by Crippen LogP contribution is -2.19. The third-order valence-corrected chi connectivity index (χ3v) is 12.1. The van der Waals surface area contributed by atoms with Crippen LogP contribution >= 0.6 is 0 Å². The first-order valence-electron chi connectivity index (χ1n) is 21.1. The minimum Gasteiger partial charge on any atom is -0.458 e. The van der Waals surface area contributed by atoms with Crippen molar-refractivity contribution in [1.82, 2.24) is 0 Å². The van der Waals surface area contributed by atoms with Crippen LogP contribution < -0.4 is 0 Å². The van der Waals surface area contributed by atoms with Crippen LogP contribution in [0.25, 0.3) is 0 Å². The van der Waals surface area contributed by atoms with Crippen molar-refractivity contribution in [1.29, 1.82) is 0 Å². The Balaban J connectivity index is 1.03. The van der Waals surface area contributed by atoms with Gasteiger partial charge in [0, 0.05) is 0 Å². The third-order valence-electron chi connectivity index (χ3n) is 12.1. The molecule has 0 N–H and O–H groups in total. The Hall–Kier alpha value is -3.40. The van der Waals surface area contributed by atoms with E-state index in [0.717, 1.165) is 42.1 Å². The number of rotatable bonds is 20. The molecule has 0 spiro atoms. The number of aryl methyl sites for hydroxylation is 2. The van der Waals surface area contributed by atoms with E-state index in [1.54, 1.807) is 0 Å². The predicted molar refractivity (Wildman–Crippen MR) is 214 cm³/mol. The van der Waals surface area contributed by atoms with Gasteiger partial charge in [-0.05, 0) is 90.3 Å². The summed E-state index contributed by atoms with van der Waals surface area (Å²) in [4.78, 5) is 26.3. The molecule has 3 aromatic rings. The smallest absolute Gasteiger partial charge is 0.338 e. The Bertz CT molecular complexity index is 1430. The summed E-state index contributed by atoms with van der Waals surface area (Å²) >= 11 is 0. The summed E-state index contributed by atoms with van der Waals surface area (Å²) in [5.74, 6) is 2.96. The van der Waals surface area contributed by atoms with Crippen molar-refractivity contribution in [2.45, 2.75) is 148 Å². The highest BCUT2D eigenvalue weighted by Gasteiger charge is 2.23. The Labute approximate surface area is 315 Å². The van der Waals surface area contributed by atoms with Crippen LogP contribution in [0.2, 0.25) is 0 Å². The minimum absolute atomic E-state index is 0.0466. The lowest BCUT2D eigenvalue weighted by Gasteiger charge is -2.28. The van der Waals surface area contributed by atoms with Crippen molar-refractivity contribution in [3.05, 3.63) is 107 Å². The van der Waals surface area contributed by atoms with Crippen molar-refractivity contribution in [2.75, 3.05) is 6.61 Å². The van der Waals surface area contributed by atoms with Gasteiger partial charge in [0.25, 0.3) is 0 Å². The van der Waals surface area contributed by atoms with E-state index in [-0.39, 0.29) is 6.61 Å². The summed E-state index contributed by atoms with van der Waals surface area (Å²) < 4.78 is 11.7. The zero-order chi connectivity index (χ0) is 36.4. The van der Waals surface area contributed by atoms with Crippen molar-refractivity contribution < 1.29 is 19.1 Å². The van der Waals surface area contributed by atoms with E-state index < -0.39 is 18.0 Å². The number of carbonyl (C=O) groups excluding carboxylic acids is 2. The molecule has 0 saturated heterocycles. The van der Waals surface area contributed by atoms with Gasteiger partial charge in [-0.1, -0.05) is 171 Å². The number of hydrogen-bond donors (Lipinski definition) is 0. The normalized spacial score (nSPS) is 21.0. The molecular weight excluding hydrogens is 641 g/mol. The number of hydrogen-bond acceptors (Lipinski definition) is 4. The van der Waals surface area contributed by atoms with Crippen LogP contribution in [0.4, 0.5) is 0 Å². The summed E-state index contributed by atoms with van der Waals surface area (Å²) in [7, 11) is 0. The van der Waals surface area contributed by atoms with Gasteiger partial charge in [-0.15, -0.1) is 0 Å². The van der Waals surface area contributed by atoms with Gasteiger partial charge in [-0.2, -0.15) is 0 Å².